The molecule has 15 heavy (non-hydrogen) atoms. The Morgan fingerprint density at radius 3 is 2.27 bits per heavy atom. The fourth-order valence-corrected chi connectivity index (χ4v) is 1.71. The van der Waals surface area contributed by atoms with Crippen molar-refractivity contribution in [3.8, 4) is 11.5 Å². The summed E-state index contributed by atoms with van der Waals surface area (Å²) in [5.74, 6) is 1.64. The van der Waals surface area contributed by atoms with Crippen molar-refractivity contribution in [2.24, 2.45) is 0 Å². The zero-order valence-electron chi connectivity index (χ0n) is 9.70. The summed E-state index contributed by atoms with van der Waals surface area (Å²) >= 11 is 0. The summed E-state index contributed by atoms with van der Waals surface area (Å²) in [5, 5.41) is 9.36. The zero-order valence-corrected chi connectivity index (χ0v) is 9.70. The maximum atomic E-state index is 9.36. The van der Waals surface area contributed by atoms with Crippen LogP contribution in [0.1, 0.15) is 30.9 Å². The number of benzene rings is 1. The topological polar surface area (TPSA) is 38.7 Å². The van der Waals surface area contributed by atoms with Crippen LogP contribution < -0.4 is 9.47 Å². The normalized spacial score (nSPS) is 10.5. The van der Waals surface area contributed by atoms with Crippen LogP contribution in [0.2, 0.25) is 0 Å². The number of methoxy groups -OCH3 is 2. The Morgan fingerprint density at radius 2 is 1.87 bits per heavy atom. The first-order valence-electron chi connectivity index (χ1n) is 5.00. The largest absolute Gasteiger partial charge is 0.493 e. The molecule has 0 saturated carbocycles. The SMILES string of the molecule is COc1ccc(C(C)C)c(CO)c1OC. The second-order valence-corrected chi connectivity index (χ2v) is 3.68. The van der Waals surface area contributed by atoms with Crippen LogP contribution in [0.4, 0.5) is 0 Å². The van der Waals surface area contributed by atoms with Crippen molar-refractivity contribution in [3.05, 3.63) is 23.3 Å². The number of aliphatic hydroxyl groups excluding tert-OH is 1. The van der Waals surface area contributed by atoms with Gasteiger partial charge in [0.2, 0.25) is 0 Å². The summed E-state index contributed by atoms with van der Waals surface area (Å²) in [5.41, 5.74) is 1.90. The number of hydrogen-bond acceptors (Lipinski definition) is 3. The highest BCUT2D eigenvalue weighted by Crippen LogP contribution is 2.36. The molecular formula is C12H18O3. The first-order chi connectivity index (χ1) is 7.15. The lowest BCUT2D eigenvalue weighted by molar-refractivity contribution is 0.268. The summed E-state index contributed by atoms with van der Waals surface area (Å²) in [6.45, 7) is 4.13. The highest BCUT2D eigenvalue weighted by Gasteiger charge is 2.15. The molecule has 0 aliphatic carbocycles. The second kappa shape index (κ2) is 5.03. The minimum atomic E-state index is -0.0338. The van der Waals surface area contributed by atoms with Gasteiger partial charge in [-0.2, -0.15) is 0 Å². The maximum absolute atomic E-state index is 9.36. The summed E-state index contributed by atoms with van der Waals surface area (Å²) < 4.78 is 10.4. The van der Waals surface area contributed by atoms with Crippen molar-refractivity contribution < 1.29 is 14.6 Å². The molecule has 3 nitrogen and oxygen atoms in total. The lowest BCUT2D eigenvalue weighted by Crippen LogP contribution is -2.02. The molecule has 0 spiro atoms. The summed E-state index contributed by atoms with van der Waals surface area (Å²) in [4.78, 5) is 0. The van der Waals surface area contributed by atoms with Gasteiger partial charge in [-0.15, -0.1) is 0 Å². The third kappa shape index (κ3) is 2.23. The molecule has 84 valence electrons. The quantitative estimate of drug-likeness (QED) is 0.828. The molecule has 0 heterocycles. The molecule has 0 unspecified atom stereocenters. The van der Waals surface area contributed by atoms with Gasteiger partial charge in [-0.25, -0.2) is 0 Å². The molecule has 0 aliphatic rings. The van der Waals surface area contributed by atoms with E-state index in [1.165, 1.54) is 0 Å². The molecule has 1 aromatic rings. The van der Waals surface area contributed by atoms with E-state index in [2.05, 4.69) is 13.8 Å². The standard InChI is InChI=1S/C12H18O3/c1-8(2)9-5-6-11(14-3)12(15-4)10(9)7-13/h5-6,8,13H,7H2,1-4H3. The monoisotopic (exact) mass is 210 g/mol. The first-order valence-corrected chi connectivity index (χ1v) is 5.00. The van der Waals surface area contributed by atoms with Crippen molar-refractivity contribution in [3.63, 3.8) is 0 Å². The van der Waals surface area contributed by atoms with E-state index in [0.717, 1.165) is 11.1 Å². The molecule has 1 N–H and O–H groups in total. The molecule has 0 aliphatic heterocycles. The van der Waals surface area contributed by atoms with Crippen LogP contribution in [-0.4, -0.2) is 19.3 Å². The fraction of sp³-hybridized carbons (Fsp3) is 0.500. The van der Waals surface area contributed by atoms with E-state index in [0.29, 0.717) is 17.4 Å². The van der Waals surface area contributed by atoms with Crippen LogP contribution in [0, 0.1) is 0 Å². The Labute approximate surface area is 90.6 Å². The van der Waals surface area contributed by atoms with Gasteiger partial charge in [-0.05, 0) is 17.5 Å². The molecule has 0 atom stereocenters. The third-order valence-electron chi connectivity index (χ3n) is 2.46. The van der Waals surface area contributed by atoms with E-state index in [1.807, 2.05) is 12.1 Å². The predicted molar refractivity (Wildman–Crippen MR) is 59.6 cm³/mol. The molecule has 0 aromatic heterocycles. The van der Waals surface area contributed by atoms with Crippen LogP contribution >= 0.6 is 0 Å². The van der Waals surface area contributed by atoms with Crippen molar-refractivity contribution in [2.75, 3.05) is 14.2 Å². The van der Waals surface area contributed by atoms with Crippen molar-refractivity contribution in [1.29, 1.82) is 0 Å². The maximum Gasteiger partial charge on any atom is 0.166 e. The van der Waals surface area contributed by atoms with E-state index in [9.17, 15) is 5.11 Å². The molecular weight excluding hydrogens is 192 g/mol. The van der Waals surface area contributed by atoms with Crippen molar-refractivity contribution in [1.82, 2.24) is 0 Å². The number of hydrogen-bond donors (Lipinski definition) is 1. The second-order valence-electron chi connectivity index (χ2n) is 3.68. The number of rotatable bonds is 4. The molecule has 0 radical (unpaired) electrons. The lowest BCUT2D eigenvalue weighted by Gasteiger charge is -2.17. The average Bonchev–Trinajstić information content (AvgIpc) is 2.26. The van der Waals surface area contributed by atoms with Gasteiger partial charge in [-0.3, -0.25) is 0 Å². The predicted octanol–water partition coefficient (Wildman–Crippen LogP) is 2.32. The van der Waals surface area contributed by atoms with Gasteiger partial charge in [0.15, 0.2) is 11.5 Å². The van der Waals surface area contributed by atoms with Gasteiger partial charge in [0, 0.05) is 5.56 Å². The Hall–Kier alpha value is -1.22. The van der Waals surface area contributed by atoms with E-state index in [4.69, 9.17) is 9.47 Å². The summed E-state index contributed by atoms with van der Waals surface area (Å²) in [6.07, 6.45) is 0. The van der Waals surface area contributed by atoms with Crippen molar-refractivity contribution in [2.45, 2.75) is 26.4 Å². The van der Waals surface area contributed by atoms with E-state index < -0.39 is 0 Å². The summed E-state index contributed by atoms with van der Waals surface area (Å²) in [6, 6.07) is 3.84. The molecule has 1 rings (SSSR count). The van der Waals surface area contributed by atoms with Gasteiger partial charge in [-0.1, -0.05) is 19.9 Å². The number of ether oxygens (including phenoxy) is 2. The minimum Gasteiger partial charge on any atom is -0.493 e. The highest BCUT2D eigenvalue weighted by atomic mass is 16.5. The van der Waals surface area contributed by atoms with Crippen molar-refractivity contribution >= 4 is 0 Å². The number of aliphatic hydroxyl groups is 1. The van der Waals surface area contributed by atoms with Gasteiger partial charge in [0.05, 0.1) is 20.8 Å². The summed E-state index contributed by atoms with van der Waals surface area (Å²) in [7, 11) is 3.18. The zero-order chi connectivity index (χ0) is 11.4. The fourth-order valence-electron chi connectivity index (χ4n) is 1.71. The van der Waals surface area contributed by atoms with Crippen LogP contribution in [-0.2, 0) is 6.61 Å². The molecule has 3 heteroatoms. The molecule has 0 amide bonds. The average molecular weight is 210 g/mol. The molecule has 0 saturated heterocycles. The Bertz CT molecular complexity index is 332. The first kappa shape index (κ1) is 11.9. The van der Waals surface area contributed by atoms with Gasteiger partial charge >= 0.3 is 0 Å². The Morgan fingerprint density at radius 1 is 1.20 bits per heavy atom. The van der Waals surface area contributed by atoms with E-state index in [1.54, 1.807) is 14.2 Å². The van der Waals surface area contributed by atoms with Crippen LogP contribution in [0.15, 0.2) is 12.1 Å². The van der Waals surface area contributed by atoms with Gasteiger partial charge in [0.25, 0.3) is 0 Å². The van der Waals surface area contributed by atoms with Crippen LogP contribution in [0.3, 0.4) is 0 Å². The molecule has 0 bridgehead atoms. The van der Waals surface area contributed by atoms with Crippen LogP contribution in [0.25, 0.3) is 0 Å². The smallest absolute Gasteiger partial charge is 0.166 e. The van der Waals surface area contributed by atoms with Gasteiger partial charge < -0.3 is 14.6 Å². The third-order valence-corrected chi connectivity index (χ3v) is 2.46. The van der Waals surface area contributed by atoms with E-state index in [-0.39, 0.29) is 6.61 Å². The Balaban J connectivity index is 3.34. The lowest BCUT2D eigenvalue weighted by atomic mass is 9.96. The van der Waals surface area contributed by atoms with Gasteiger partial charge in [0.1, 0.15) is 0 Å². The highest BCUT2D eigenvalue weighted by molar-refractivity contribution is 5.51. The van der Waals surface area contributed by atoms with Crippen LogP contribution in [0.5, 0.6) is 11.5 Å². The molecule has 1 aromatic carbocycles. The molecule has 0 fully saturated rings. The minimum absolute atomic E-state index is 0.0338. The van der Waals surface area contributed by atoms with E-state index >= 15 is 0 Å². The Kier molecular flexibility index (Phi) is 3.97.